The first-order valence-electron chi connectivity index (χ1n) is 5.42. The fraction of sp³-hybridized carbons (Fsp3) is 1.00. The van der Waals surface area contributed by atoms with Crippen molar-refractivity contribution in [3.8, 4) is 0 Å². The maximum atomic E-state index is 8.97. The van der Waals surface area contributed by atoms with Crippen LogP contribution in [0.15, 0.2) is 0 Å². The first-order valence-corrected chi connectivity index (χ1v) is 9.05. The molecular weight excluding hydrogens is 264 g/mol. The van der Waals surface area contributed by atoms with E-state index in [1.54, 1.807) is 0 Å². The zero-order valence-electron chi connectivity index (χ0n) is 9.83. The Hall–Kier alpha value is 0.411. The Kier molecular flexibility index (Phi) is 10.8. The van der Waals surface area contributed by atoms with Crippen LogP contribution in [0.3, 0.4) is 0 Å². The molecule has 0 saturated carbocycles. The molecule has 3 N–H and O–H groups in total. The smallest absolute Gasteiger partial charge is 0.302 e. The van der Waals surface area contributed by atoms with Gasteiger partial charge in [0.1, 0.15) is 0 Å². The molecule has 0 amide bonds. The van der Waals surface area contributed by atoms with Gasteiger partial charge in [0.2, 0.25) is 0 Å². The van der Waals surface area contributed by atoms with Gasteiger partial charge in [-0.1, -0.05) is 13.8 Å². The van der Waals surface area contributed by atoms with Gasteiger partial charge in [0, 0.05) is 0 Å². The summed E-state index contributed by atoms with van der Waals surface area (Å²) < 4.78 is 15.9. The van der Waals surface area contributed by atoms with Gasteiger partial charge in [0.15, 0.2) is 0 Å². The second-order valence-electron chi connectivity index (χ2n) is 3.25. The van der Waals surface area contributed by atoms with E-state index in [4.69, 9.17) is 27.7 Å². The van der Waals surface area contributed by atoms with Crippen molar-refractivity contribution in [2.24, 2.45) is 0 Å². The summed E-state index contributed by atoms with van der Waals surface area (Å²) in [5, 5.41) is 0. The van der Waals surface area contributed by atoms with Gasteiger partial charge in [-0.3, -0.25) is 0 Å². The molecule has 0 saturated heterocycles. The number of hydrogen-bond acceptors (Lipinski definition) is 6. The van der Waals surface area contributed by atoms with Crippen molar-refractivity contribution in [2.45, 2.75) is 45.0 Å². The quantitative estimate of drug-likeness (QED) is 0.370. The summed E-state index contributed by atoms with van der Waals surface area (Å²) in [6.07, 6.45) is 0.452. The summed E-state index contributed by atoms with van der Waals surface area (Å²) in [6.45, 7) is 3.85. The van der Waals surface area contributed by atoms with Gasteiger partial charge >= 0.3 is 30.0 Å². The van der Waals surface area contributed by atoms with Crippen molar-refractivity contribution in [3.63, 3.8) is 0 Å². The van der Waals surface area contributed by atoms with Gasteiger partial charge < -0.3 is 27.7 Å². The molecule has 0 aliphatic carbocycles. The maximum absolute atomic E-state index is 8.97. The predicted molar refractivity (Wildman–Crippen MR) is 67.5 cm³/mol. The Bertz CT molecular complexity index is 149. The van der Waals surface area contributed by atoms with Crippen LogP contribution in [0.25, 0.3) is 0 Å². The number of hydrogen-bond donors (Lipinski definition) is 3. The van der Waals surface area contributed by atoms with E-state index in [0.29, 0.717) is 12.8 Å². The Labute approximate surface area is 103 Å². The van der Waals surface area contributed by atoms with E-state index in [-0.39, 0.29) is 18.3 Å². The average molecular weight is 287 g/mol. The minimum Gasteiger partial charge on any atom is -0.415 e. The van der Waals surface area contributed by atoms with Crippen LogP contribution in [0.2, 0.25) is 0 Å². The van der Waals surface area contributed by atoms with Crippen molar-refractivity contribution >= 4 is 30.0 Å². The van der Waals surface area contributed by atoms with Crippen LogP contribution in [0, 0.1) is 0 Å². The molecule has 0 unspecified atom stereocenters. The topological polar surface area (TPSA) is 88.4 Å². The molecule has 0 bridgehead atoms. The lowest BCUT2D eigenvalue weighted by atomic mass is 10.0. The van der Waals surface area contributed by atoms with Gasteiger partial charge in [0.05, 0.1) is 18.3 Å². The molecule has 0 aromatic carbocycles. The molecule has 0 heterocycles. The van der Waals surface area contributed by atoms with Crippen molar-refractivity contribution in [1.29, 1.82) is 0 Å². The summed E-state index contributed by atoms with van der Waals surface area (Å²) in [5.41, 5.74) is 0. The summed E-state index contributed by atoms with van der Waals surface area (Å²) in [6, 6.07) is 0. The van der Waals surface area contributed by atoms with Crippen LogP contribution in [-0.2, 0) is 13.3 Å². The largest absolute Gasteiger partial charge is 0.415 e. The summed E-state index contributed by atoms with van der Waals surface area (Å²) in [7, 11) is -4.59. The van der Waals surface area contributed by atoms with Crippen molar-refractivity contribution < 1.29 is 27.7 Å². The van der Waals surface area contributed by atoms with E-state index in [9.17, 15) is 0 Å². The van der Waals surface area contributed by atoms with Crippen LogP contribution in [0.5, 0.6) is 0 Å². The molecule has 3 atom stereocenters. The first kappa shape index (κ1) is 16.4. The molecule has 0 rings (SSSR count). The van der Waals surface area contributed by atoms with Crippen LogP contribution in [-0.4, -0.2) is 62.7 Å². The third-order valence-electron chi connectivity index (χ3n) is 2.38. The molecule has 0 aliphatic heterocycles. The molecule has 6 nitrogen and oxygen atoms in total. The molecule has 0 aromatic heterocycles. The molecule has 0 radical (unpaired) electrons. The lowest BCUT2D eigenvalue weighted by Gasteiger charge is -2.32. The Morgan fingerprint density at radius 1 is 0.812 bits per heavy atom. The third kappa shape index (κ3) is 5.65. The van der Waals surface area contributed by atoms with E-state index in [2.05, 4.69) is 0 Å². The predicted octanol–water partition coefficient (Wildman–Crippen LogP) is -3.06. The molecule has 0 spiro atoms. The summed E-state index contributed by atoms with van der Waals surface area (Å²) in [5.74, 6) is 0. The Morgan fingerprint density at radius 3 is 1.44 bits per heavy atom. The molecule has 0 fully saturated rings. The fourth-order valence-corrected chi connectivity index (χ4v) is 3.46. The monoisotopic (exact) mass is 286 g/mol. The van der Waals surface area contributed by atoms with Crippen LogP contribution < -0.4 is 0 Å². The van der Waals surface area contributed by atoms with Crippen molar-refractivity contribution in [1.82, 2.24) is 0 Å². The van der Waals surface area contributed by atoms with E-state index >= 15 is 0 Å². The van der Waals surface area contributed by atoms with Gasteiger partial charge in [-0.2, -0.15) is 0 Å². The zero-order chi connectivity index (χ0) is 12.4. The van der Waals surface area contributed by atoms with Crippen molar-refractivity contribution in [3.05, 3.63) is 0 Å². The zero-order valence-corrected chi connectivity index (χ0v) is 14.1. The van der Waals surface area contributed by atoms with E-state index in [1.807, 2.05) is 13.8 Å². The second kappa shape index (κ2) is 10.6. The van der Waals surface area contributed by atoms with Crippen molar-refractivity contribution in [2.75, 3.05) is 0 Å². The molecule has 0 aliphatic rings. The lowest BCUT2D eigenvalue weighted by molar-refractivity contribution is -0.0368. The van der Waals surface area contributed by atoms with E-state index in [1.165, 1.54) is 0 Å². The fourth-order valence-electron chi connectivity index (χ4n) is 1.62. The standard InChI is InChI=1S/C7H22O6Si3/c1-3-5(11-14-8)7(13-16-10)6(4-2)12-15-9/h5-10H,3-4,14-16H2,1-2H3/t5-,6+,7-. The Morgan fingerprint density at radius 2 is 1.19 bits per heavy atom. The normalized spacial score (nSPS) is 19.3. The van der Waals surface area contributed by atoms with Crippen LogP contribution in [0.1, 0.15) is 26.7 Å². The molecule has 0 aromatic rings. The Balaban J connectivity index is 4.50. The highest BCUT2D eigenvalue weighted by molar-refractivity contribution is 6.17. The molecule has 16 heavy (non-hydrogen) atoms. The first-order chi connectivity index (χ1) is 7.74. The van der Waals surface area contributed by atoms with E-state index in [0.717, 1.165) is 0 Å². The molecule has 98 valence electrons. The minimum absolute atomic E-state index is 0.262. The highest BCUT2D eigenvalue weighted by atomic mass is 28.3. The van der Waals surface area contributed by atoms with Gasteiger partial charge in [-0.25, -0.2) is 0 Å². The maximum Gasteiger partial charge on any atom is 0.302 e. The minimum atomic E-state index is -1.56. The third-order valence-corrected chi connectivity index (χ3v) is 4.07. The summed E-state index contributed by atoms with van der Waals surface area (Å²) in [4.78, 5) is 26.8. The second-order valence-corrected chi connectivity index (χ2v) is 5.02. The molecular formula is C7H22O6Si3. The van der Waals surface area contributed by atoms with Gasteiger partial charge in [0.25, 0.3) is 0 Å². The SMILES string of the molecule is CC[C@H](O[SiH2]O)[C@H](O[SiH2]O)[C@@H](CC)O[SiH2]O. The highest BCUT2D eigenvalue weighted by Gasteiger charge is 2.29. The van der Waals surface area contributed by atoms with Crippen LogP contribution >= 0.6 is 0 Å². The highest BCUT2D eigenvalue weighted by Crippen LogP contribution is 2.16. The number of rotatable bonds is 10. The van der Waals surface area contributed by atoms with Crippen LogP contribution in [0.4, 0.5) is 0 Å². The lowest BCUT2D eigenvalue weighted by Crippen LogP contribution is -2.44. The van der Waals surface area contributed by atoms with E-state index < -0.39 is 30.0 Å². The van der Waals surface area contributed by atoms with Gasteiger partial charge in [-0.05, 0) is 12.8 Å². The average Bonchev–Trinajstić information content (AvgIpc) is 2.31. The van der Waals surface area contributed by atoms with Gasteiger partial charge in [-0.15, -0.1) is 0 Å². The molecule has 9 heteroatoms. The summed E-state index contributed by atoms with van der Waals surface area (Å²) >= 11 is 0.